The van der Waals surface area contributed by atoms with E-state index in [1.54, 1.807) is 36.4 Å². The van der Waals surface area contributed by atoms with E-state index in [1.807, 2.05) is 26.0 Å². The molecule has 2 aromatic rings. The molecule has 2 aromatic carbocycles. The molecule has 1 aliphatic heterocycles. The molecule has 0 radical (unpaired) electrons. The molecule has 5 nitrogen and oxygen atoms in total. The first-order valence-electron chi connectivity index (χ1n) is 8.44. The Kier molecular flexibility index (Phi) is 5.04. The van der Waals surface area contributed by atoms with E-state index in [4.69, 9.17) is 4.74 Å². The number of carbonyl (C=O) groups excluding carboxylic acids is 1. The molecular formula is C21H21NO4S. The number of hydrogen-bond donors (Lipinski definition) is 0. The highest BCUT2D eigenvalue weighted by Crippen LogP contribution is 2.37. The lowest BCUT2D eigenvalue weighted by atomic mass is 9.96. The van der Waals surface area contributed by atoms with Gasteiger partial charge in [-0.25, -0.2) is 13.2 Å². The van der Waals surface area contributed by atoms with E-state index in [0.717, 1.165) is 11.1 Å². The fourth-order valence-corrected chi connectivity index (χ4v) is 4.67. The Balaban J connectivity index is 2.20. The molecule has 1 heterocycles. The van der Waals surface area contributed by atoms with Crippen molar-refractivity contribution in [3.05, 3.63) is 89.7 Å². The lowest BCUT2D eigenvalue weighted by Gasteiger charge is -2.30. The summed E-state index contributed by atoms with van der Waals surface area (Å²) in [5.41, 5.74) is 2.55. The van der Waals surface area contributed by atoms with Crippen LogP contribution in [-0.2, 0) is 19.6 Å². The van der Waals surface area contributed by atoms with Crippen molar-refractivity contribution < 1.29 is 17.9 Å². The molecule has 0 unspecified atom stereocenters. The van der Waals surface area contributed by atoms with Gasteiger partial charge >= 0.3 is 5.97 Å². The van der Waals surface area contributed by atoms with E-state index >= 15 is 0 Å². The number of sulfonamides is 1. The predicted octanol–water partition coefficient (Wildman–Crippen LogP) is 3.66. The van der Waals surface area contributed by atoms with Crippen LogP contribution in [0.3, 0.4) is 0 Å². The molecule has 0 aromatic heterocycles. The normalized spacial score (nSPS) is 18.9. The van der Waals surface area contributed by atoms with Gasteiger partial charge in [0.25, 0.3) is 0 Å². The molecule has 1 aliphatic rings. The summed E-state index contributed by atoms with van der Waals surface area (Å²) >= 11 is 0. The van der Waals surface area contributed by atoms with Crippen LogP contribution in [0.25, 0.3) is 0 Å². The number of aryl methyl sites for hydroxylation is 2. The van der Waals surface area contributed by atoms with Crippen molar-refractivity contribution in [2.24, 2.45) is 0 Å². The number of carbonyl (C=O) groups is 1. The third-order valence-electron chi connectivity index (χ3n) is 4.56. The monoisotopic (exact) mass is 383 g/mol. The van der Waals surface area contributed by atoms with Gasteiger partial charge in [-0.05, 0) is 37.1 Å². The van der Waals surface area contributed by atoms with Gasteiger partial charge in [0.1, 0.15) is 5.76 Å². The van der Waals surface area contributed by atoms with Gasteiger partial charge in [0.05, 0.1) is 23.1 Å². The molecule has 3 rings (SSSR count). The molecular weight excluding hydrogens is 362 g/mol. The second-order valence-electron chi connectivity index (χ2n) is 6.58. The summed E-state index contributed by atoms with van der Waals surface area (Å²) in [5.74, 6) is -0.609. The van der Waals surface area contributed by atoms with Gasteiger partial charge in [-0.15, -0.1) is 0 Å². The number of nitrogens with zero attached hydrogens (tertiary/aromatic N) is 1. The molecule has 0 saturated carbocycles. The fraction of sp³-hybridized carbons (Fsp3) is 0.190. The molecule has 1 atom stereocenters. The Morgan fingerprint density at radius 2 is 1.67 bits per heavy atom. The average molecular weight is 383 g/mol. The summed E-state index contributed by atoms with van der Waals surface area (Å²) in [6.45, 7) is 11.1. The summed E-state index contributed by atoms with van der Waals surface area (Å²) < 4.78 is 33.2. The van der Waals surface area contributed by atoms with Crippen molar-refractivity contribution in [2.75, 3.05) is 6.54 Å². The zero-order valence-corrected chi connectivity index (χ0v) is 16.1. The summed E-state index contributed by atoms with van der Waals surface area (Å²) in [4.78, 5) is 12.5. The highest BCUT2D eigenvalue weighted by atomic mass is 32.2. The number of rotatable bonds is 3. The van der Waals surface area contributed by atoms with Crippen LogP contribution >= 0.6 is 0 Å². The molecule has 0 bridgehead atoms. The molecule has 0 amide bonds. The summed E-state index contributed by atoms with van der Waals surface area (Å²) in [6, 6.07) is 13.0. The fourth-order valence-electron chi connectivity index (χ4n) is 3.09. The van der Waals surface area contributed by atoms with Crippen molar-refractivity contribution >= 4 is 16.0 Å². The van der Waals surface area contributed by atoms with Crippen molar-refractivity contribution in [2.45, 2.75) is 24.8 Å². The lowest BCUT2D eigenvalue weighted by molar-refractivity contribution is -0.134. The Bertz CT molecular complexity index is 1020. The molecule has 1 fully saturated rings. The van der Waals surface area contributed by atoms with E-state index in [0.29, 0.717) is 5.56 Å². The van der Waals surface area contributed by atoms with Gasteiger partial charge in [0.2, 0.25) is 10.0 Å². The van der Waals surface area contributed by atoms with Crippen LogP contribution in [0.15, 0.2) is 77.9 Å². The highest BCUT2D eigenvalue weighted by Gasteiger charge is 2.40. The van der Waals surface area contributed by atoms with E-state index in [1.165, 1.54) is 4.31 Å². The number of esters is 1. The third-order valence-corrected chi connectivity index (χ3v) is 6.39. The van der Waals surface area contributed by atoms with Crippen molar-refractivity contribution in [3.8, 4) is 0 Å². The topological polar surface area (TPSA) is 63.7 Å². The number of benzene rings is 2. The zero-order valence-electron chi connectivity index (χ0n) is 15.3. The maximum absolute atomic E-state index is 13.4. The van der Waals surface area contributed by atoms with Crippen LogP contribution in [0.2, 0.25) is 0 Å². The Morgan fingerprint density at radius 3 is 2.30 bits per heavy atom. The second-order valence-corrected chi connectivity index (χ2v) is 8.47. The van der Waals surface area contributed by atoms with E-state index in [-0.39, 0.29) is 22.8 Å². The first-order valence-corrected chi connectivity index (χ1v) is 9.88. The van der Waals surface area contributed by atoms with Gasteiger partial charge in [0.15, 0.2) is 0 Å². The minimum Gasteiger partial charge on any atom is -0.427 e. The van der Waals surface area contributed by atoms with Crippen LogP contribution < -0.4 is 0 Å². The lowest BCUT2D eigenvalue weighted by Crippen LogP contribution is -2.36. The summed E-state index contributed by atoms with van der Waals surface area (Å²) in [6.07, 6.45) is 0. The van der Waals surface area contributed by atoms with Crippen molar-refractivity contribution in [1.29, 1.82) is 0 Å². The zero-order chi connectivity index (χ0) is 19.8. The van der Waals surface area contributed by atoms with Crippen molar-refractivity contribution in [1.82, 2.24) is 4.31 Å². The Hall–Kier alpha value is -2.70. The molecule has 6 heteroatoms. The molecule has 0 aliphatic carbocycles. The maximum atomic E-state index is 13.4. The SMILES string of the molecule is C=C1CN(S(=O)(=O)c2ccc(C)cc2)[C@@H](c2ccccc2C)C(=C)C(=O)O1. The minimum absolute atomic E-state index is 0.0543. The number of hydrogen-bond acceptors (Lipinski definition) is 4. The third kappa shape index (κ3) is 3.59. The Morgan fingerprint density at radius 1 is 1.04 bits per heavy atom. The maximum Gasteiger partial charge on any atom is 0.340 e. The van der Waals surface area contributed by atoms with Gasteiger partial charge in [0, 0.05) is 0 Å². The largest absolute Gasteiger partial charge is 0.427 e. The minimum atomic E-state index is -3.93. The quantitative estimate of drug-likeness (QED) is 0.599. The standard InChI is InChI=1S/C21H21NO4S/c1-14-9-11-18(12-10-14)27(24,25)22-13-16(3)26-21(23)17(4)20(22)19-8-6-5-7-15(19)2/h5-12,20H,3-4,13H2,1-2H3/t20-/m1/s1. The average Bonchev–Trinajstić information content (AvgIpc) is 2.73. The van der Waals surface area contributed by atoms with E-state index in [2.05, 4.69) is 13.2 Å². The van der Waals surface area contributed by atoms with Gasteiger partial charge in [-0.3, -0.25) is 0 Å². The van der Waals surface area contributed by atoms with Gasteiger partial charge < -0.3 is 4.74 Å². The van der Waals surface area contributed by atoms with E-state index < -0.39 is 22.0 Å². The first kappa shape index (κ1) is 19.1. The number of cyclic esters (lactones) is 1. The smallest absolute Gasteiger partial charge is 0.340 e. The van der Waals surface area contributed by atoms with Crippen LogP contribution in [0, 0.1) is 13.8 Å². The Labute approximate surface area is 159 Å². The molecule has 0 spiro atoms. The van der Waals surface area contributed by atoms with Crippen molar-refractivity contribution in [3.63, 3.8) is 0 Å². The number of ether oxygens (including phenoxy) is 1. The second kappa shape index (κ2) is 7.13. The van der Waals surface area contributed by atoms with Crippen LogP contribution in [0.5, 0.6) is 0 Å². The van der Waals surface area contributed by atoms with Gasteiger partial charge in [-0.1, -0.05) is 55.1 Å². The van der Waals surface area contributed by atoms with Crippen LogP contribution in [-0.4, -0.2) is 25.2 Å². The summed E-state index contributed by atoms with van der Waals surface area (Å²) in [5, 5.41) is 0. The van der Waals surface area contributed by atoms with Crippen LogP contribution in [0.4, 0.5) is 0 Å². The molecule has 0 N–H and O–H groups in total. The predicted molar refractivity (Wildman–Crippen MR) is 103 cm³/mol. The van der Waals surface area contributed by atoms with E-state index in [9.17, 15) is 13.2 Å². The highest BCUT2D eigenvalue weighted by molar-refractivity contribution is 7.89. The van der Waals surface area contributed by atoms with Gasteiger partial charge in [-0.2, -0.15) is 4.31 Å². The van der Waals surface area contributed by atoms with Crippen LogP contribution in [0.1, 0.15) is 22.7 Å². The summed E-state index contributed by atoms with van der Waals surface area (Å²) in [7, 11) is -3.93. The molecule has 27 heavy (non-hydrogen) atoms. The molecule has 140 valence electrons. The first-order chi connectivity index (χ1) is 12.7. The molecule has 1 saturated heterocycles.